The minimum absolute atomic E-state index is 0.104. The summed E-state index contributed by atoms with van der Waals surface area (Å²) in [6.45, 7) is 0. The van der Waals surface area contributed by atoms with Crippen LogP contribution in [-0.2, 0) is 7.05 Å². The normalized spacial score (nSPS) is 10.8. The summed E-state index contributed by atoms with van der Waals surface area (Å²) in [6, 6.07) is 9.28. The van der Waals surface area contributed by atoms with Crippen molar-refractivity contribution in [3.63, 3.8) is 0 Å². The Balaban J connectivity index is 2.04. The number of hydrogen-bond donors (Lipinski definition) is 1. The van der Waals surface area contributed by atoms with Gasteiger partial charge in [0.25, 0.3) is 0 Å². The van der Waals surface area contributed by atoms with Crippen molar-refractivity contribution in [2.75, 3.05) is 5.73 Å². The number of nitrogens with zero attached hydrogens (tertiary/aromatic N) is 3. The van der Waals surface area contributed by atoms with Crippen molar-refractivity contribution in [1.82, 2.24) is 14.5 Å². The van der Waals surface area contributed by atoms with Crippen LogP contribution >= 0.6 is 11.6 Å². The van der Waals surface area contributed by atoms with Crippen LogP contribution in [0.25, 0.3) is 22.9 Å². The van der Waals surface area contributed by atoms with E-state index in [1.807, 2.05) is 42.1 Å². The van der Waals surface area contributed by atoms with Crippen molar-refractivity contribution >= 4 is 17.4 Å². The first-order valence-electron chi connectivity index (χ1n) is 5.65. The number of hydrogen-bond acceptors (Lipinski definition) is 4. The molecular formula is C13H11ClN4O. The van der Waals surface area contributed by atoms with Gasteiger partial charge in [0.2, 0.25) is 5.28 Å². The van der Waals surface area contributed by atoms with E-state index in [4.69, 9.17) is 21.8 Å². The molecule has 0 saturated heterocycles. The molecule has 0 radical (unpaired) electrons. The molecule has 5 nitrogen and oxygen atoms in total. The fraction of sp³-hybridized carbons (Fsp3) is 0.0769. The molecule has 0 aromatic carbocycles. The smallest absolute Gasteiger partial charge is 0.224 e. The van der Waals surface area contributed by atoms with Gasteiger partial charge >= 0.3 is 0 Å². The molecule has 0 amide bonds. The van der Waals surface area contributed by atoms with Gasteiger partial charge in [0.05, 0.1) is 5.69 Å². The summed E-state index contributed by atoms with van der Waals surface area (Å²) in [4.78, 5) is 7.91. The third-order valence-corrected chi connectivity index (χ3v) is 2.94. The monoisotopic (exact) mass is 274 g/mol. The predicted octanol–water partition coefficient (Wildman–Crippen LogP) is 2.98. The van der Waals surface area contributed by atoms with Gasteiger partial charge in [-0.25, -0.2) is 9.97 Å². The van der Waals surface area contributed by atoms with Crippen LogP contribution in [0.15, 0.2) is 40.9 Å². The number of nitrogens with two attached hydrogens (primary N) is 1. The van der Waals surface area contributed by atoms with E-state index in [1.54, 1.807) is 6.07 Å². The van der Waals surface area contributed by atoms with Crippen LogP contribution in [0, 0.1) is 0 Å². The van der Waals surface area contributed by atoms with Crippen LogP contribution in [-0.4, -0.2) is 14.5 Å². The van der Waals surface area contributed by atoms with E-state index < -0.39 is 0 Å². The molecular weight excluding hydrogens is 264 g/mol. The molecule has 0 spiro atoms. The molecule has 3 aromatic rings. The number of aryl methyl sites for hydroxylation is 1. The maximum Gasteiger partial charge on any atom is 0.224 e. The number of aromatic nitrogens is 3. The Morgan fingerprint density at radius 1 is 1.21 bits per heavy atom. The highest BCUT2D eigenvalue weighted by molar-refractivity contribution is 6.28. The molecule has 3 rings (SSSR count). The number of anilines is 1. The molecule has 0 bridgehead atoms. The fourth-order valence-electron chi connectivity index (χ4n) is 1.89. The van der Waals surface area contributed by atoms with Gasteiger partial charge in [-0.1, -0.05) is 0 Å². The molecule has 0 fully saturated rings. The zero-order chi connectivity index (χ0) is 13.4. The number of nitrogen functional groups attached to an aromatic ring is 1. The largest absolute Gasteiger partial charge is 0.453 e. The minimum Gasteiger partial charge on any atom is -0.453 e. The zero-order valence-corrected chi connectivity index (χ0v) is 10.9. The van der Waals surface area contributed by atoms with Crippen LogP contribution in [0.1, 0.15) is 0 Å². The van der Waals surface area contributed by atoms with Crippen LogP contribution < -0.4 is 5.73 Å². The van der Waals surface area contributed by atoms with Crippen molar-refractivity contribution in [3.8, 4) is 22.9 Å². The van der Waals surface area contributed by atoms with Crippen molar-refractivity contribution in [3.05, 3.63) is 41.8 Å². The van der Waals surface area contributed by atoms with Gasteiger partial charge in [0.15, 0.2) is 11.5 Å². The van der Waals surface area contributed by atoms with Gasteiger partial charge in [0, 0.05) is 19.3 Å². The van der Waals surface area contributed by atoms with E-state index in [1.165, 1.54) is 0 Å². The second kappa shape index (κ2) is 4.44. The Labute approximate surface area is 114 Å². The third-order valence-electron chi connectivity index (χ3n) is 2.77. The van der Waals surface area contributed by atoms with Crippen LogP contribution in [0.5, 0.6) is 0 Å². The molecule has 0 unspecified atom stereocenters. The lowest BCUT2D eigenvalue weighted by Gasteiger charge is -2.00. The Morgan fingerprint density at radius 2 is 2.00 bits per heavy atom. The first kappa shape index (κ1) is 11.8. The van der Waals surface area contributed by atoms with Crippen molar-refractivity contribution in [2.24, 2.45) is 7.05 Å². The lowest BCUT2D eigenvalue weighted by molar-refractivity contribution is 0.589. The minimum atomic E-state index is 0.104. The highest BCUT2D eigenvalue weighted by Gasteiger charge is 2.11. The number of furan rings is 1. The predicted molar refractivity (Wildman–Crippen MR) is 73.6 cm³/mol. The molecule has 3 heterocycles. The van der Waals surface area contributed by atoms with Gasteiger partial charge < -0.3 is 14.7 Å². The van der Waals surface area contributed by atoms with Crippen LogP contribution in [0.4, 0.5) is 5.82 Å². The number of rotatable bonds is 2. The second-order valence-electron chi connectivity index (χ2n) is 4.12. The van der Waals surface area contributed by atoms with Gasteiger partial charge in [0.1, 0.15) is 11.5 Å². The average molecular weight is 275 g/mol. The van der Waals surface area contributed by atoms with E-state index in [-0.39, 0.29) is 5.28 Å². The SMILES string of the molecule is Cn1cccc1-c1ccc(-c2cc(N)nc(Cl)n2)o1. The summed E-state index contributed by atoms with van der Waals surface area (Å²) in [5, 5.41) is 0.104. The molecule has 19 heavy (non-hydrogen) atoms. The summed E-state index contributed by atoms with van der Waals surface area (Å²) in [5.41, 5.74) is 7.19. The standard InChI is InChI=1S/C13H11ClN4O/c1-18-6-2-3-9(18)11-5-4-10(19-11)8-7-12(15)17-13(14)16-8/h2-7H,1H3,(H2,15,16,17). The maximum atomic E-state index is 5.78. The van der Waals surface area contributed by atoms with E-state index in [9.17, 15) is 0 Å². The quantitative estimate of drug-likeness (QED) is 0.729. The Hall–Kier alpha value is -2.27. The average Bonchev–Trinajstić information content (AvgIpc) is 2.95. The molecule has 3 aromatic heterocycles. The van der Waals surface area contributed by atoms with Crippen LogP contribution in [0.3, 0.4) is 0 Å². The van der Waals surface area contributed by atoms with Gasteiger partial charge in [-0.2, -0.15) is 0 Å². The van der Waals surface area contributed by atoms with Crippen molar-refractivity contribution < 1.29 is 4.42 Å². The molecule has 6 heteroatoms. The van der Waals surface area contributed by atoms with E-state index >= 15 is 0 Å². The van der Waals surface area contributed by atoms with Crippen molar-refractivity contribution in [2.45, 2.75) is 0 Å². The van der Waals surface area contributed by atoms with Gasteiger partial charge in [-0.3, -0.25) is 0 Å². The first-order valence-corrected chi connectivity index (χ1v) is 6.03. The lowest BCUT2D eigenvalue weighted by atomic mass is 10.3. The fourth-order valence-corrected chi connectivity index (χ4v) is 2.08. The molecule has 96 valence electrons. The van der Waals surface area contributed by atoms with E-state index in [2.05, 4.69) is 9.97 Å². The third kappa shape index (κ3) is 2.20. The highest BCUT2D eigenvalue weighted by Crippen LogP contribution is 2.28. The molecule has 0 aliphatic heterocycles. The first-order chi connectivity index (χ1) is 9.13. The van der Waals surface area contributed by atoms with Crippen molar-refractivity contribution in [1.29, 1.82) is 0 Å². The molecule has 2 N–H and O–H groups in total. The van der Waals surface area contributed by atoms with Crippen LogP contribution in [0.2, 0.25) is 5.28 Å². The Morgan fingerprint density at radius 3 is 2.68 bits per heavy atom. The highest BCUT2D eigenvalue weighted by atomic mass is 35.5. The molecule has 0 aliphatic carbocycles. The lowest BCUT2D eigenvalue weighted by Crippen LogP contribution is -1.94. The van der Waals surface area contributed by atoms with Gasteiger partial charge in [-0.15, -0.1) is 0 Å². The summed E-state index contributed by atoms with van der Waals surface area (Å²) in [7, 11) is 1.96. The zero-order valence-electron chi connectivity index (χ0n) is 10.2. The Kier molecular flexibility index (Phi) is 2.76. The van der Waals surface area contributed by atoms with E-state index in [0.717, 1.165) is 11.5 Å². The summed E-state index contributed by atoms with van der Waals surface area (Å²) in [5.74, 6) is 1.68. The summed E-state index contributed by atoms with van der Waals surface area (Å²) >= 11 is 5.78. The Bertz CT molecular complexity index is 712. The summed E-state index contributed by atoms with van der Waals surface area (Å²) in [6.07, 6.45) is 1.96. The summed E-state index contributed by atoms with van der Waals surface area (Å²) < 4.78 is 7.76. The molecule has 0 atom stereocenters. The second-order valence-corrected chi connectivity index (χ2v) is 4.45. The molecule has 0 aliphatic rings. The van der Waals surface area contributed by atoms with E-state index in [0.29, 0.717) is 17.3 Å². The van der Waals surface area contributed by atoms with Gasteiger partial charge in [-0.05, 0) is 35.9 Å². The topological polar surface area (TPSA) is 69.9 Å². The number of halogens is 1. The maximum absolute atomic E-state index is 5.78. The molecule has 0 saturated carbocycles.